The maximum atomic E-state index is 11.3. The van der Waals surface area contributed by atoms with E-state index < -0.39 is 5.50 Å². The summed E-state index contributed by atoms with van der Waals surface area (Å²) >= 11 is 11.5. The number of carbonyl (C=O) groups is 1. The Hall–Kier alpha value is -0.930. The summed E-state index contributed by atoms with van der Waals surface area (Å²) < 4.78 is 0. The maximum Gasteiger partial charge on any atom is 0.189 e. The highest BCUT2D eigenvalue weighted by atomic mass is 35.5. The molecule has 2 aliphatic heterocycles. The van der Waals surface area contributed by atoms with Crippen LogP contribution in [-0.4, -0.2) is 22.2 Å². The maximum absolute atomic E-state index is 11.3. The van der Waals surface area contributed by atoms with Gasteiger partial charge in [-0.1, -0.05) is 23.2 Å². The highest BCUT2D eigenvalue weighted by Gasteiger charge is 2.26. The van der Waals surface area contributed by atoms with Crippen LogP contribution in [-0.2, 0) is 4.79 Å². The van der Waals surface area contributed by atoms with Crippen LogP contribution >= 0.6 is 23.2 Å². The number of hydrogen-bond donors (Lipinski definition) is 0. The molecule has 0 radical (unpaired) electrons. The summed E-state index contributed by atoms with van der Waals surface area (Å²) in [4.78, 5) is 19.1. The lowest BCUT2D eigenvalue weighted by atomic mass is 10.0. The van der Waals surface area contributed by atoms with Gasteiger partial charge in [-0.25, -0.2) is 4.99 Å². The fraction of sp³-hybridized carbons (Fsp3) is 0.125. The fourth-order valence-electron chi connectivity index (χ4n) is 1.13. The van der Waals surface area contributed by atoms with Gasteiger partial charge in [-0.05, 0) is 6.08 Å². The molecule has 0 bridgehead atoms. The first-order chi connectivity index (χ1) is 6.18. The van der Waals surface area contributed by atoms with E-state index in [0.717, 1.165) is 0 Å². The number of allylic oxidation sites excluding steroid dienone is 2. The standard InChI is InChI=1S/C8H4Cl2N2O/c9-6-3-4-5(13)1-2-11-7(4)8(10)12-6/h1-3,8H. The Morgan fingerprint density at radius 2 is 2.23 bits per heavy atom. The first-order valence-corrected chi connectivity index (χ1v) is 4.38. The van der Waals surface area contributed by atoms with Crippen LogP contribution in [0, 0.1) is 0 Å². The molecule has 0 fully saturated rings. The fourth-order valence-corrected chi connectivity index (χ4v) is 1.67. The summed E-state index contributed by atoms with van der Waals surface area (Å²) in [5.74, 6) is -0.135. The smallest absolute Gasteiger partial charge is 0.189 e. The summed E-state index contributed by atoms with van der Waals surface area (Å²) in [5.41, 5.74) is 0.252. The van der Waals surface area contributed by atoms with Crippen molar-refractivity contribution in [1.82, 2.24) is 0 Å². The summed E-state index contributed by atoms with van der Waals surface area (Å²) in [5, 5.41) is 0.234. The van der Waals surface area contributed by atoms with Crippen LogP contribution < -0.4 is 0 Å². The van der Waals surface area contributed by atoms with Crippen molar-refractivity contribution < 1.29 is 4.79 Å². The lowest BCUT2D eigenvalue weighted by Gasteiger charge is -2.16. The largest absolute Gasteiger partial charge is 0.289 e. The molecular weight excluding hydrogens is 211 g/mol. The molecular formula is C8H4Cl2N2O. The van der Waals surface area contributed by atoms with Gasteiger partial charge in [-0.3, -0.25) is 9.79 Å². The first kappa shape index (κ1) is 8.66. The molecule has 5 heteroatoms. The minimum atomic E-state index is -0.651. The Morgan fingerprint density at radius 3 is 3.00 bits per heavy atom. The van der Waals surface area contributed by atoms with Gasteiger partial charge in [0.2, 0.25) is 0 Å². The van der Waals surface area contributed by atoms with Crippen LogP contribution in [0.1, 0.15) is 0 Å². The summed E-state index contributed by atoms with van der Waals surface area (Å²) in [6.07, 6.45) is 4.26. The van der Waals surface area contributed by atoms with Crippen molar-refractivity contribution in [3.8, 4) is 0 Å². The van der Waals surface area contributed by atoms with Crippen molar-refractivity contribution in [3.05, 3.63) is 23.9 Å². The molecule has 66 valence electrons. The minimum Gasteiger partial charge on any atom is -0.289 e. The molecule has 0 aromatic carbocycles. The molecule has 0 saturated heterocycles. The monoisotopic (exact) mass is 214 g/mol. The number of carbonyl (C=O) groups excluding carboxylic acids is 1. The molecule has 0 aliphatic carbocycles. The molecule has 0 saturated carbocycles. The van der Waals surface area contributed by atoms with E-state index in [0.29, 0.717) is 11.3 Å². The van der Waals surface area contributed by atoms with Crippen LogP contribution in [0.4, 0.5) is 0 Å². The zero-order chi connectivity index (χ0) is 9.42. The van der Waals surface area contributed by atoms with E-state index >= 15 is 0 Å². The van der Waals surface area contributed by atoms with Gasteiger partial charge in [0.15, 0.2) is 11.3 Å². The summed E-state index contributed by atoms with van der Waals surface area (Å²) in [6.45, 7) is 0. The van der Waals surface area contributed by atoms with Crippen molar-refractivity contribution in [1.29, 1.82) is 0 Å². The number of halogens is 2. The molecule has 1 atom stereocenters. The Morgan fingerprint density at radius 1 is 1.46 bits per heavy atom. The van der Waals surface area contributed by atoms with E-state index in [1.54, 1.807) is 0 Å². The number of dihydropyridines is 1. The van der Waals surface area contributed by atoms with E-state index in [1.807, 2.05) is 0 Å². The second-order valence-electron chi connectivity index (χ2n) is 2.54. The van der Waals surface area contributed by atoms with Crippen molar-refractivity contribution in [2.24, 2.45) is 9.98 Å². The van der Waals surface area contributed by atoms with Gasteiger partial charge in [0.25, 0.3) is 0 Å². The van der Waals surface area contributed by atoms with Gasteiger partial charge >= 0.3 is 0 Å². The minimum absolute atomic E-state index is 0.135. The number of hydrogen-bond acceptors (Lipinski definition) is 3. The van der Waals surface area contributed by atoms with Crippen molar-refractivity contribution in [3.63, 3.8) is 0 Å². The number of alkyl halides is 1. The Balaban J connectivity index is 2.52. The van der Waals surface area contributed by atoms with Gasteiger partial charge in [-0.15, -0.1) is 0 Å². The van der Waals surface area contributed by atoms with Crippen molar-refractivity contribution in [2.45, 2.75) is 5.50 Å². The average molecular weight is 215 g/mol. The second kappa shape index (κ2) is 3.09. The van der Waals surface area contributed by atoms with Crippen LogP contribution in [0.15, 0.2) is 33.9 Å². The van der Waals surface area contributed by atoms with Crippen LogP contribution in [0.2, 0.25) is 0 Å². The molecule has 2 aliphatic rings. The zero-order valence-electron chi connectivity index (χ0n) is 6.37. The highest BCUT2D eigenvalue weighted by Crippen LogP contribution is 2.21. The summed E-state index contributed by atoms with van der Waals surface area (Å²) in [7, 11) is 0. The van der Waals surface area contributed by atoms with Gasteiger partial charge < -0.3 is 0 Å². The Bertz CT molecular complexity index is 393. The molecule has 2 rings (SSSR count). The third-order valence-corrected chi connectivity index (χ3v) is 2.22. The van der Waals surface area contributed by atoms with Crippen LogP contribution in [0.25, 0.3) is 0 Å². The molecule has 0 aromatic rings. The SMILES string of the molecule is O=C1C=CN=C2C1=CC(Cl)=NC2Cl. The number of aliphatic imine (C=N–C) groups is 2. The van der Waals surface area contributed by atoms with E-state index in [-0.39, 0.29) is 11.0 Å². The quantitative estimate of drug-likeness (QED) is 0.447. The van der Waals surface area contributed by atoms with E-state index in [1.165, 1.54) is 18.4 Å². The van der Waals surface area contributed by atoms with Crippen LogP contribution in [0.3, 0.4) is 0 Å². The zero-order valence-corrected chi connectivity index (χ0v) is 7.88. The number of fused-ring (bicyclic) bond motifs is 1. The van der Waals surface area contributed by atoms with E-state index in [4.69, 9.17) is 23.2 Å². The van der Waals surface area contributed by atoms with Crippen LogP contribution in [0.5, 0.6) is 0 Å². The van der Waals surface area contributed by atoms with Crippen molar-refractivity contribution >= 4 is 39.9 Å². The lowest BCUT2D eigenvalue weighted by Crippen LogP contribution is -2.26. The highest BCUT2D eigenvalue weighted by molar-refractivity contribution is 6.70. The number of ketones is 1. The molecule has 0 N–H and O–H groups in total. The first-order valence-electron chi connectivity index (χ1n) is 3.56. The molecule has 13 heavy (non-hydrogen) atoms. The molecule has 0 spiro atoms. The molecule has 1 unspecified atom stereocenters. The molecule has 0 aromatic heterocycles. The normalized spacial score (nSPS) is 26.2. The third-order valence-electron chi connectivity index (χ3n) is 1.71. The van der Waals surface area contributed by atoms with Crippen molar-refractivity contribution in [2.75, 3.05) is 0 Å². The van der Waals surface area contributed by atoms with Gasteiger partial charge in [-0.2, -0.15) is 0 Å². The van der Waals surface area contributed by atoms with Gasteiger partial charge in [0.1, 0.15) is 5.17 Å². The summed E-state index contributed by atoms with van der Waals surface area (Å²) in [6, 6.07) is 0. The van der Waals surface area contributed by atoms with Gasteiger partial charge in [0, 0.05) is 17.8 Å². The molecule has 3 nitrogen and oxygen atoms in total. The molecule has 0 amide bonds. The lowest BCUT2D eigenvalue weighted by molar-refractivity contribution is -0.110. The Kier molecular flexibility index (Phi) is 2.06. The number of rotatable bonds is 0. The van der Waals surface area contributed by atoms with E-state index in [2.05, 4.69) is 9.98 Å². The second-order valence-corrected chi connectivity index (χ2v) is 3.34. The third kappa shape index (κ3) is 1.45. The number of nitrogens with zero attached hydrogens (tertiary/aromatic N) is 2. The molecule has 2 heterocycles. The van der Waals surface area contributed by atoms with E-state index in [9.17, 15) is 4.79 Å². The predicted octanol–water partition coefficient (Wildman–Crippen LogP) is 1.67. The average Bonchev–Trinajstić information content (AvgIpc) is 2.07. The topological polar surface area (TPSA) is 41.8 Å². The predicted molar refractivity (Wildman–Crippen MR) is 52.6 cm³/mol. The van der Waals surface area contributed by atoms with Gasteiger partial charge in [0.05, 0.1) is 5.71 Å². The Labute approximate surface area is 84.5 Å².